The van der Waals surface area contributed by atoms with Crippen molar-refractivity contribution in [3.8, 4) is 0 Å². The number of anilines is 1. The minimum atomic E-state index is -1.14. The second kappa shape index (κ2) is 5.36. The number of aromatic nitrogens is 2. The van der Waals surface area contributed by atoms with Crippen molar-refractivity contribution >= 4 is 23.0 Å². The van der Waals surface area contributed by atoms with Crippen LogP contribution in [0.5, 0.6) is 0 Å². The molecule has 22 heavy (non-hydrogen) atoms. The van der Waals surface area contributed by atoms with Crippen molar-refractivity contribution in [3.05, 3.63) is 58.2 Å². The topological polar surface area (TPSA) is 97.4 Å². The van der Waals surface area contributed by atoms with Crippen LogP contribution in [0.4, 0.5) is 10.5 Å². The molecular formula is C15H13N3O4. The van der Waals surface area contributed by atoms with Gasteiger partial charge in [-0.05, 0) is 36.8 Å². The Bertz CT molecular complexity index is 911. The van der Waals surface area contributed by atoms with Crippen LogP contribution in [-0.2, 0) is 6.54 Å². The van der Waals surface area contributed by atoms with Gasteiger partial charge >= 0.3 is 11.8 Å². The summed E-state index contributed by atoms with van der Waals surface area (Å²) in [7, 11) is 0. The molecule has 112 valence electrons. The number of benzene rings is 1. The van der Waals surface area contributed by atoms with Crippen molar-refractivity contribution < 1.29 is 14.3 Å². The molecule has 3 aromatic rings. The molecule has 0 aliphatic carbocycles. The quantitative estimate of drug-likeness (QED) is 0.774. The predicted molar refractivity (Wildman–Crippen MR) is 80.2 cm³/mol. The molecule has 0 radical (unpaired) electrons. The molecule has 2 heterocycles. The van der Waals surface area contributed by atoms with Crippen LogP contribution in [0, 0.1) is 6.92 Å². The molecule has 1 amide bonds. The van der Waals surface area contributed by atoms with Gasteiger partial charge in [0.1, 0.15) is 0 Å². The van der Waals surface area contributed by atoms with E-state index in [1.54, 1.807) is 36.4 Å². The van der Waals surface area contributed by atoms with Crippen LogP contribution in [0.3, 0.4) is 0 Å². The van der Waals surface area contributed by atoms with E-state index < -0.39 is 11.8 Å². The maximum absolute atomic E-state index is 12.0. The second-order valence-corrected chi connectivity index (χ2v) is 4.86. The number of hydrogen-bond acceptors (Lipinski definition) is 4. The normalized spacial score (nSPS) is 10.8. The number of oxazole rings is 1. The number of carboxylic acid groups (broad SMARTS) is 1. The summed E-state index contributed by atoms with van der Waals surface area (Å²) in [6.07, 6.45) is -1.14. The first-order valence-electron chi connectivity index (χ1n) is 6.59. The van der Waals surface area contributed by atoms with Gasteiger partial charge in [0.15, 0.2) is 11.2 Å². The predicted octanol–water partition coefficient (Wildman–Crippen LogP) is 2.44. The second-order valence-electron chi connectivity index (χ2n) is 4.86. The van der Waals surface area contributed by atoms with Crippen molar-refractivity contribution in [3.63, 3.8) is 0 Å². The van der Waals surface area contributed by atoms with Gasteiger partial charge in [-0.3, -0.25) is 9.88 Å². The van der Waals surface area contributed by atoms with E-state index in [9.17, 15) is 9.59 Å². The van der Waals surface area contributed by atoms with Crippen molar-refractivity contribution in [2.24, 2.45) is 0 Å². The van der Waals surface area contributed by atoms with Crippen LogP contribution in [-0.4, -0.2) is 20.8 Å². The first-order valence-corrected chi connectivity index (χ1v) is 6.59. The first kappa shape index (κ1) is 13.9. The zero-order chi connectivity index (χ0) is 15.7. The van der Waals surface area contributed by atoms with Gasteiger partial charge < -0.3 is 9.52 Å². The standard InChI is InChI=1S/C15H13N3O4/c1-9-5-6-12-13(16-9)18(15(21)22-12)8-10-3-2-4-11(7-10)17-14(19)20/h2-7,17H,8H2,1H3,(H,19,20). The Balaban J connectivity index is 1.99. The monoisotopic (exact) mass is 299 g/mol. The Kier molecular flexibility index (Phi) is 3.38. The van der Waals surface area contributed by atoms with Crippen LogP contribution in [0.2, 0.25) is 0 Å². The lowest BCUT2D eigenvalue weighted by atomic mass is 10.2. The number of fused-ring (bicyclic) bond motifs is 1. The number of hydrogen-bond donors (Lipinski definition) is 2. The summed E-state index contributed by atoms with van der Waals surface area (Å²) >= 11 is 0. The van der Waals surface area contributed by atoms with Gasteiger partial charge in [-0.25, -0.2) is 14.6 Å². The highest BCUT2D eigenvalue weighted by molar-refractivity contribution is 5.82. The number of aryl methyl sites for hydroxylation is 1. The molecule has 0 saturated heterocycles. The number of carbonyl (C=O) groups is 1. The highest BCUT2D eigenvalue weighted by Gasteiger charge is 2.11. The third-order valence-electron chi connectivity index (χ3n) is 3.17. The van der Waals surface area contributed by atoms with E-state index in [1.165, 1.54) is 4.57 Å². The minimum absolute atomic E-state index is 0.247. The van der Waals surface area contributed by atoms with Crippen molar-refractivity contribution in [1.29, 1.82) is 0 Å². The summed E-state index contributed by atoms with van der Waals surface area (Å²) in [4.78, 5) is 27.0. The molecule has 0 unspecified atom stereocenters. The number of amides is 1. The Morgan fingerprint density at radius 2 is 2.18 bits per heavy atom. The van der Waals surface area contributed by atoms with E-state index in [2.05, 4.69) is 10.3 Å². The molecule has 7 nitrogen and oxygen atoms in total. The van der Waals surface area contributed by atoms with Gasteiger partial charge in [-0.15, -0.1) is 0 Å². The van der Waals surface area contributed by atoms with E-state index in [0.717, 1.165) is 11.3 Å². The third-order valence-corrected chi connectivity index (χ3v) is 3.17. The van der Waals surface area contributed by atoms with E-state index in [0.29, 0.717) is 16.9 Å². The molecule has 0 atom stereocenters. The summed E-state index contributed by atoms with van der Waals surface area (Å²) in [5.41, 5.74) is 2.88. The largest absolute Gasteiger partial charge is 0.465 e. The Labute approximate surface area is 124 Å². The molecule has 1 aromatic carbocycles. The van der Waals surface area contributed by atoms with Gasteiger partial charge in [-0.1, -0.05) is 12.1 Å². The highest BCUT2D eigenvalue weighted by atomic mass is 16.4. The lowest BCUT2D eigenvalue weighted by Gasteiger charge is -2.05. The average molecular weight is 299 g/mol. The minimum Gasteiger partial charge on any atom is -0.465 e. The van der Waals surface area contributed by atoms with Gasteiger partial charge in [0.2, 0.25) is 0 Å². The molecule has 0 bridgehead atoms. The Hall–Kier alpha value is -3.09. The fourth-order valence-corrected chi connectivity index (χ4v) is 2.23. The first-order chi connectivity index (χ1) is 10.5. The molecule has 0 aliphatic heterocycles. The Morgan fingerprint density at radius 1 is 1.36 bits per heavy atom. The maximum Gasteiger partial charge on any atom is 0.421 e. The van der Waals surface area contributed by atoms with Crippen LogP contribution >= 0.6 is 0 Å². The summed E-state index contributed by atoms with van der Waals surface area (Å²) in [5, 5.41) is 11.0. The van der Waals surface area contributed by atoms with Crippen molar-refractivity contribution in [2.75, 3.05) is 5.32 Å². The number of nitrogens with one attached hydrogen (secondary N) is 1. The maximum atomic E-state index is 12.0. The average Bonchev–Trinajstić information content (AvgIpc) is 2.75. The molecular weight excluding hydrogens is 286 g/mol. The zero-order valence-corrected chi connectivity index (χ0v) is 11.7. The van der Waals surface area contributed by atoms with Gasteiger partial charge in [0, 0.05) is 11.4 Å². The summed E-state index contributed by atoms with van der Waals surface area (Å²) < 4.78 is 6.58. The van der Waals surface area contributed by atoms with Crippen LogP contribution in [0.25, 0.3) is 11.2 Å². The molecule has 2 aromatic heterocycles. The molecule has 2 N–H and O–H groups in total. The highest BCUT2D eigenvalue weighted by Crippen LogP contribution is 2.15. The van der Waals surface area contributed by atoms with Gasteiger partial charge in [0.05, 0.1) is 6.54 Å². The smallest absolute Gasteiger partial charge is 0.421 e. The van der Waals surface area contributed by atoms with Crippen LogP contribution < -0.4 is 11.1 Å². The molecule has 7 heteroatoms. The van der Waals surface area contributed by atoms with Crippen molar-refractivity contribution in [2.45, 2.75) is 13.5 Å². The van der Waals surface area contributed by atoms with E-state index >= 15 is 0 Å². The van der Waals surface area contributed by atoms with Crippen molar-refractivity contribution in [1.82, 2.24) is 9.55 Å². The third kappa shape index (κ3) is 2.69. The van der Waals surface area contributed by atoms with Crippen LogP contribution in [0.1, 0.15) is 11.3 Å². The number of nitrogens with zero attached hydrogens (tertiary/aromatic N) is 2. The van der Waals surface area contributed by atoms with Gasteiger partial charge in [0.25, 0.3) is 0 Å². The summed E-state index contributed by atoms with van der Waals surface area (Å²) in [6.45, 7) is 2.08. The molecule has 0 fully saturated rings. The van der Waals surface area contributed by atoms with Crippen LogP contribution in [0.15, 0.2) is 45.6 Å². The van der Waals surface area contributed by atoms with Gasteiger partial charge in [-0.2, -0.15) is 0 Å². The SMILES string of the molecule is Cc1ccc2oc(=O)n(Cc3cccc(NC(=O)O)c3)c2n1. The zero-order valence-electron chi connectivity index (χ0n) is 11.7. The summed E-state index contributed by atoms with van der Waals surface area (Å²) in [5.74, 6) is -0.496. The Morgan fingerprint density at radius 3 is 2.95 bits per heavy atom. The lowest BCUT2D eigenvalue weighted by Crippen LogP contribution is -2.16. The number of rotatable bonds is 3. The van der Waals surface area contributed by atoms with E-state index in [1.807, 2.05) is 6.92 Å². The number of pyridine rings is 1. The van der Waals surface area contributed by atoms with E-state index in [-0.39, 0.29) is 6.54 Å². The van der Waals surface area contributed by atoms with E-state index in [4.69, 9.17) is 9.52 Å². The molecule has 3 rings (SSSR count). The fourth-order valence-electron chi connectivity index (χ4n) is 2.23. The lowest BCUT2D eigenvalue weighted by molar-refractivity contribution is 0.210. The fraction of sp³-hybridized carbons (Fsp3) is 0.133. The molecule has 0 saturated carbocycles. The summed E-state index contributed by atoms with van der Waals surface area (Å²) in [6, 6.07) is 10.3. The molecule has 0 spiro atoms. The molecule has 0 aliphatic rings.